The molecule has 152 valence electrons. The Labute approximate surface area is 167 Å². The Morgan fingerprint density at radius 3 is 1.74 bits per heavy atom. The summed E-state index contributed by atoms with van der Waals surface area (Å²) in [5.41, 5.74) is 4.31. The summed E-state index contributed by atoms with van der Waals surface area (Å²) in [6.45, 7) is 20.3. The van der Waals surface area contributed by atoms with Crippen LogP contribution in [-0.2, 0) is 5.41 Å². The summed E-state index contributed by atoms with van der Waals surface area (Å²) in [4.78, 5) is 0. The average molecular weight is 373 g/mol. The van der Waals surface area contributed by atoms with Gasteiger partial charge in [-0.05, 0) is 48.9 Å². The number of benzene rings is 2. The fourth-order valence-corrected chi connectivity index (χ4v) is 2.36. The fraction of sp³-hybridized carbons (Fsp3) is 0.520. The highest BCUT2D eigenvalue weighted by Crippen LogP contribution is 2.30. The molecular weight excluding hydrogens is 332 g/mol. The molecule has 0 radical (unpaired) electrons. The zero-order valence-corrected chi connectivity index (χ0v) is 19.0. The van der Waals surface area contributed by atoms with Gasteiger partial charge in [-0.15, -0.1) is 0 Å². The van der Waals surface area contributed by atoms with Crippen LogP contribution in [0.4, 0.5) is 0 Å². The third-order valence-electron chi connectivity index (χ3n) is 4.41. The van der Waals surface area contributed by atoms with E-state index in [1.807, 2.05) is 52.8 Å². The van der Waals surface area contributed by atoms with Crippen LogP contribution in [0, 0.1) is 13.8 Å². The Morgan fingerprint density at radius 2 is 1.22 bits per heavy atom. The maximum atomic E-state index is 5.38. The quantitative estimate of drug-likeness (QED) is 0.543. The van der Waals surface area contributed by atoms with E-state index >= 15 is 0 Å². The molecule has 2 nitrogen and oxygen atoms in total. The molecule has 0 amide bonds. The van der Waals surface area contributed by atoms with Gasteiger partial charge in [-0.2, -0.15) is 0 Å². The lowest BCUT2D eigenvalue weighted by atomic mass is 9.82. The molecule has 0 bridgehead atoms. The molecule has 27 heavy (non-hydrogen) atoms. The van der Waals surface area contributed by atoms with E-state index in [2.05, 4.69) is 52.0 Å². The van der Waals surface area contributed by atoms with Crippen molar-refractivity contribution in [1.82, 2.24) is 0 Å². The second-order valence-electron chi connectivity index (χ2n) is 6.75. The van der Waals surface area contributed by atoms with Gasteiger partial charge in [0.1, 0.15) is 13.2 Å². The molecule has 3 rings (SSSR count). The molecule has 1 heterocycles. The predicted octanol–water partition coefficient (Wildman–Crippen LogP) is 7.50. The molecule has 0 aromatic heterocycles. The average Bonchev–Trinajstić information content (AvgIpc) is 2.72. The SMILES string of the molecule is CC.CC.CCC(C)(C)c1ccc(C)cc1.Cc1ccc2c(c1)OCCO2. The van der Waals surface area contributed by atoms with Crippen molar-refractivity contribution in [2.75, 3.05) is 13.2 Å². The van der Waals surface area contributed by atoms with Gasteiger partial charge in [0.25, 0.3) is 0 Å². The Bertz CT molecular complexity index is 627. The van der Waals surface area contributed by atoms with E-state index in [4.69, 9.17) is 9.47 Å². The number of hydrogen-bond donors (Lipinski definition) is 0. The minimum atomic E-state index is 0.327. The standard InChI is InChI=1S/C12H18.C9H10O2.2C2H6/c1-5-12(3,4)11-8-6-10(2)7-9-11;1-7-2-3-8-9(6-7)11-5-4-10-8;2*1-2/h6-9H,5H2,1-4H3;2-3,6H,4-5H2,1H3;2*1-2H3. The smallest absolute Gasteiger partial charge is 0.161 e. The molecule has 0 saturated carbocycles. The number of ether oxygens (including phenoxy) is 2. The predicted molar refractivity (Wildman–Crippen MR) is 119 cm³/mol. The number of hydrogen-bond acceptors (Lipinski definition) is 2. The van der Waals surface area contributed by atoms with Crippen molar-refractivity contribution >= 4 is 0 Å². The maximum Gasteiger partial charge on any atom is 0.161 e. The highest BCUT2D eigenvalue weighted by molar-refractivity contribution is 5.43. The minimum absolute atomic E-state index is 0.327. The Hall–Kier alpha value is -1.96. The monoisotopic (exact) mass is 372 g/mol. The van der Waals surface area contributed by atoms with Crippen LogP contribution in [0.5, 0.6) is 11.5 Å². The number of rotatable bonds is 2. The van der Waals surface area contributed by atoms with Gasteiger partial charge < -0.3 is 9.47 Å². The molecule has 0 fully saturated rings. The van der Waals surface area contributed by atoms with E-state index in [9.17, 15) is 0 Å². The first kappa shape index (κ1) is 25.0. The van der Waals surface area contributed by atoms with Crippen molar-refractivity contribution in [2.45, 2.75) is 74.1 Å². The molecule has 0 unspecified atom stereocenters. The largest absolute Gasteiger partial charge is 0.486 e. The van der Waals surface area contributed by atoms with Crippen LogP contribution in [0.15, 0.2) is 42.5 Å². The lowest BCUT2D eigenvalue weighted by Gasteiger charge is -2.23. The summed E-state index contributed by atoms with van der Waals surface area (Å²) in [6.07, 6.45) is 1.19. The van der Waals surface area contributed by atoms with Crippen LogP contribution in [-0.4, -0.2) is 13.2 Å². The summed E-state index contributed by atoms with van der Waals surface area (Å²) >= 11 is 0. The molecule has 0 spiro atoms. The van der Waals surface area contributed by atoms with Crippen molar-refractivity contribution in [3.8, 4) is 11.5 Å². The van der Waals surface area contributed by atoms with E-state index in [1.54, 1.807) is 0 Å². The van der Waals surface area contributed by atoms with Gasteiger partial charge in [-0.3, -0.25) is 0 Å². The molecule has 1 aliphatic rings. The molecule has 2 aromatic carbocycles. The highest BCUT2D eigenvalue weighted by atomic mass is 16.6. The fourth-order valence-electron chi connectivity index (χ4n) is 2.36. The Kier molecular flexibility index (Phi) is 12.3. The summed E-state index contributed by atoms with van der Waals surface area (Å²) < 4.78 is 10.7. The molecule has 0 atom stereocenters. The maximum absolute atomic E-state index is 5.38. The van der Waals surface area contributed by atoms with Gasteiger partial charge in [-0.25, -0.2) is 0 Å². The van der Waals surface area contributed by atoms with Gasteiger partial charge >= 0.3 is 0 Å². The Morgan fingerprint density at radius 1 is 0.741 bits per heavy atom. The lowest BCUT2D eigenvalue weighted by molar-refractivity contribution is 0.171. The molecule has 2 heteroatoms. The zero-order valence-electron chi connectivity index (χ0n) is 19.0. The third-order valence-corrected chi connectivity index (χ3v) is 4.41. The molecule has 0 saturated heterocycles. The van der Waals surface area contributed by atoms with Crippen molar-refractivity contribution in [1.29, 1.82) is 0 Å². The van der Waals surface area contributed by atoms with Crippen molar-refractivity contribution in [3.63, 3.8) is 0 Å². The van der Waals surface area contributed by atoms with E-state index < -0.39 is 0 Å². The second-order valence-corrected chi connectivity index (χ2v) is 6.75. The van der Waals surface area contributed by atoms with Crippen molar-refractivity contribution < 1.29 is 9.47 Å². The summed E-state index contributed by atoms with van der Waals surface area (Å²) in [5, 5.41) is 0. The number of aryl methyl sites for hydroxylation is 2. The van der Waals surface area contributed by atoms with Crippen LogP contribution in [0.25, 0.3) is 0 Å². The lowest BCUT2D eigenvalue weighted by Crippen LogP contribution is -2.15. The van der Waals surface area contributed by atoms with Crippen LogP contribution < -0.4 is 9.47 Å². The van der Waals surface area contributed by atoms with Crippen LogP contribution in [0.1, 0.15) is 71.6 Å². The van der Waals surface area contributed by atoms with Gasteiger partial charge in [0.05, 0.1) is 0 Å². The second kappa shape index (κ2) is 13.2. The first-order valence-electron chi connectivity index (χ1n) is 10.4. The molecule has 2 aromatic rings. The summed E-state index contributed by atoms with van der Waals surface area (Å²) in [5.74, 6) is 1.73. The van der Waals surface area contributed by atoms with E-state index in [0.717, 1.165) is 11.5 Å². The highest BCUT2D eigenvalue weighted by Gasteiger charge is 2.16. The first-order chi connectivity index (χ1) is 12.9. The van der Waals surface area contributed by atoms with E-state index in [-0.39, 0.29) is 0 Å². The molecule has 0 aliphatic carbocycles. The van der Waals surface area contributed by atoms with Gasteiger partial charge in [0.15, 0.2) is 11.5 Å². The molecule has 1 aliphatic heterocycles. The first-order valence-corrected chi connectivity index (χ1v) is 10.4. The van der Waals surface area contributed by atoms with E-state index in [1.165, 1.54) is 23.1 Å². The van der Waals surface area contributed by atoms with Crippen molar-refractivity contribution in [3.05, 3.63) is 59.2 Å². The Balaban J connectivity index is 0.000000424. The molecule has 0 N–H and O–H groups in total. The topological polar surface area (TPSA) is 18.5 Å². The van der Waals surface area contributed by atoms with Gasteiger partial charge in [0, 0.05) is 0 Å². The summed E-state index contributed by atoms with van der Waals surface area (Å²) in [6, 6.07) is 14.8. The number of fused-ring (bicyclic) bond motifs is 1. The van der Waals surface area contributed by atoms with Crippen LogP contribution >= 0.6 is 0 Å². The van der Waals surface area contributed by atoms with Crippen LogP contribution in [0.3, 0.4) is 0 Å². The normalized spacial score (nSPS) is 11.6. The summed E-state index contributed by atoms with van der Waals surface area (Å²) in [7, 11) is 0. The minimum Gasteiger partial charge on any atom is -0.486 e. The molecular formula is C25H40O2. The van der Waals surface area contributed by atoms with E-state index in [0.29, 0.717) is 18.6 Å². The van der Waals surface area contributed by atoms with Crippen molar-refractivity contribution in [2.24, 2.45) is 0 Å². The zero-order chi connectivity index (χ0) is 20.9. The third kappa shape index (κ3) is 8.51. The van der Waals surface area contributed by atoms with Gasteiger partial charge in [0.2, 0.25) is 0 Å². The van der Waals surface area contributed by atoms with Crippen LogP contribution in [0.2, 0.25) is 0 Å². The van der Waals surface area contributed by atoms with Gasteiger partial charge in [-0.1, -0.05) is 84.4 Å².